The molecule has 0 radical (unpaired) electrons. The van der Waals surface area contributed by atoms with Gasteiger partial charge < -0.3 is 15.2 Å². The van der Waals surface area contributed by atoms with Crippen LogP contribution in [-0.4, -0.2) is 19.8 Å². The van der Waals surface area contributed by atoms with Crippen LogP contribution in [0, 0.1) is 0 Å². The summed E-state index contributed by atoms with van der Waals surface area (Å²) in [5.74, 6) is 1.71. The first kappa shape index (κ1) is 10.6. The van der Waals surface area contributed by atoms with E-state index in [4.69, 9.17) is 15.2 Å². The zero-order valence-corrected chi connectivity index (χ0v) is 8.11. The molecule has 76 valence electrons. The lowest BCUT2D eigenvalue weighted by Gasteiger charge is -2.17. The highest BCUT2D eigenvalue weighted by Gasteiger charge is 2.07. The minimum Gasteiger partial charge on any atom is -0.486 e. The van der Waals surface area contributed by atoms with Crippen LogP contribution in [0.25, 0.3) is 0 Å². The van der Waals surface area contributed by atoms with Crippen LogP contribution >= 0.6 is 0 Å². The third kappa shape index (κ3) is 3.11. The Hall–Kier alpha value is -1.48. The second-order valence-electron chi connectivity index (χ2n) is 2.67. The molecule has 0 fully saturated rings. The number of hydrogen-bond acceptors (Lipinski definition) is 3. The number of para-hydroxylation sites is 2. The van der Waals surface area contributed by atoms with Gasteiger partial charge in [0.25, 0.3) is 0 Å². The van der Waals surface area contributed by atoms with Gasteiger partial charge in [-0.2, -0.15) is 0 Å². The minimum atomic E-state index is 0.583. The molecule has 0 spiro atoms. The summed E-state index contributed by atoms with van der Waals surface area (Å²) in [5, 5.41) is 0. The van der Waals surface area contributed by atoms with Crippen LogP contribution in [0.1, 0.15) is 0 Å². The lowest BCUT2D eigenvalue weighted by molar-refractivity contribution is 0.171. The minimum absolute atomic E-state index is 0.583. The van der Waals surface area contributed by atoms with E-state index >= 15 is 0 Å². The average molecular weight is 193 g/mol. The first-order valence-electron chi connectivity index (χ1n) is 4.54. The van der Waals surface area contributed by atoms with E-state index in [9.17, 15) is 0 Å². The Morgan fingerprint density at radius 3 is 2.00 bits per heavy atom. The molecule has 3 heteroatoms. The Labute approximate surface area is 84.1 Å². The molecule has 0 saturated heterocycles. The Morgan fingerprint density at radius 2 is 1.64 bits per heavy atom. The molecule has 0 aliphatic carbocycles. The fourth-order valence-electron chi connectivity index (χ4n) is 0.992. The highest BCUT2D eigenvalue weighted by Crippen LogP contribution is 2.28. The van der Waals surface area contributed by atoms with Gasteiger partial charge in [0, 0.05) is 6.54 Å². The van der Waals surface area contributed by atoms with Crippen molar-refractivity contribution in [1.29, 1.82) is 0 Å². The Kier molecular flexibility index (Phi) is 4.58. The van der Waals surface area contributed by atoms with Gasteiger partial charge in [-0.15, -0.1) is 6.58 Å². The van der Waals surface area contributed by atoms with Gasteiger partial charge in [0.15, 0.2) is 11.5 Å². The van der Waals surface area contributed by atoms with Crippen molar-refractivity contribution in [3.8, 4) is 11.5 Å². The van der Waals surface area contributed by atoms with Crippen molar-refractivity contribution in [3.05, 3.63) is 36.9 Å². The molecule has 1 aliphatic rings. The molecular weight excluding hydrogens is 178 g/mol. The smallest absolute Gasteiger partial charge is 0.161 e. The predicted octanol–water partition coefficient (Wildman–Crippen LogP) is 1.59. The van der Waals surface area contributed by atoms with E-state index in [0.717, 1.165) is 11.5 Å². The second kappa shape index (κ2) is 6.05. The van der Waals surface area contributed by atoms with Crippen molar-refractivity contribution in [2.24, 2.45) is 5.73 Å². The van der Waals surface area contributed by atoms with E-state index in [1.807, 2.05) is 24.3 Å². The summed E-state index contributed by atoms with van der Waals surface area (Å²) < 4.78 is 10.6. The molecule has 0 bridgehead atoms. The van der Waals surface area contributed by atoms with Crippen molar-refractivity contribution < 1.29 is 9.47 Å². The van der Waals surface area contributed by atoms with Crippen LogP contribution in [0.15, 0.2) is 36.9 Å². The van der Waals surface area contributed by atoms with Gasteiger partial charge in [-0.05, 0) is 12.1 Å². The molecule has 3 nitrogen and oxygen atoms in total. The standard InChI is InChI=1S/C8H8O2.C3H7N/c1-2-4-8-7(3-1)9-5-6-10-8;1-2-3-4/h1-4H,5-6H2;2H,1,3-4H2. The van der Waals surface area contributed by atoms with Crippen LogP contribution in [0.3, 0.4) is 0 Å². The summed E-state index contributed by atoms with van der Waals surface area (Å²) in [7, 11) is 0. The van der Waals surface area contributed by atoms with Gasteiger partial charge in [0.2, 0.25) is 0 Å². The van der Waals surface area contributed by atoms with Crippen LogP contribution in [0.5, 0.6) is 11.5 Å². The number of rotatable bonds is 1. The Morgan fingerprint density at radius 1 is 1.21 bits per heavy atom. The number of hydrogen-bond donors (Lipinski definition) is 1. The molecule has 0 saturated carbocycles. The van der Waals surface area contributed by atoms with E-state index in [0.29, 0.717) is 19.8 Å². The van der Waals surface area contributed by atoms with Crippen LogP contribution in [0.4, 0.5) is 0 Å². The summed E-state index contributed by atoms with van der Waals surface area (Å²) >= 11 is 0. The van der Waals surface area contributed by atoms with E-state index in [2.05, 4.69) is 6.58 Å². The number of fused-ring (bicyclic) bond motifs is 1. The van der Waals surface area contributed by atoms with Crippen LogP contribution in [-0.2, 0) is 0 Å². The summed E-state index contributed by atoms with van der Waals surface area (Å²) in [6.07, 6.45) is 1.65. The summed E-state index contributed by atoms with van der Waals surface area (Å²) in [4.78, 5) is 0. The molecule has 0 aromatic heterocycles. The van der Waals surface area contributed by atoms with Crippen LogP contribution in [0.2, 0.25) is 0 Å². The largest absolute Gasteiger partial charge is 0.486 e. The second-order valence-corrected chi connectivity index (χ2v) is 2.67. The molecule has 2 rings (SSSR count). The number of ether oxygens (including phenoxy) is 2. The highest BCUT2D eigenvalue weighted by molar-refractivity contribution is 5.40. The maximum atomic E-state index is 5.30. The van der Waals surface area contributed by atoms with Gasteiger partial charge >= 0.3 is 0 Å². The molecular formula is C11H15NO2. The van der Waals surface area contributed by atoms with Crippen molar-refractivity contribution in [3.63, 3.8) is 0 Å². The first-order valence-corrected chi connectivity index (χ1v) is 4.54. The molecule has 0 amide bonds. The summed E-state index contributed by atoms with van der Waals surface area (Å²) in [5.41, 5.74) is 4.91. The predicted molar refractivity (Wildman–Crippen MR) is 56.7 cm³/mol. The summed E-state index contributed by atoms with van der Waals surface area (Å²) in [6.45, 7) is 5.26. The third-order valence-electron chi connectivity index (χ3n) is 1.61. The lowest BCUT2D eigenvalue weighted by Crippen LogP contribution is -2.14. The van der Waals surface area contributed by atoms with Crippen LogP contribution < -0.4 is 15.2 Å². The zero-order chi connectivity index (χ0) is 10.2. The van der Waals surface area contributed by atoms with Crippen molar-refractivity contribution in [2.75, 3.05) is 19.8 Å². The average Bonchev–Trinajstić information content (AvgIpc) is 2.30. The molecule has 1 heterocycles. The Bertz CT molecular complexity index is 261. The molecule has 1 aromatic carbocycles. The van der Waals surface area contributed by atoms with Crippen molar-refractivity contribution >= 4 is 0 Å². The van der Waals surface area contributed by atoms with E-state index in [1.54, 1.807) is 6.08 Å². The quantitative estimate of drug-likeness (QED) is 0.689. The zero-order valence-electron chi connectivity index (χ0n) is 8.11. The van der Waals surface area contributed by atoms with E-state index in [1.165, 1.54) is 0 Å². The van der Waals surface area contributed by atoms with Gasteiger partial charge in [-0.1, -0.05) is 18.2 Å². The molecule has 2 N–H and O–H groups in total. The van der Waals surface area contributed by atoms with Gasteiger partial charge in [0.1, 0.15) is 13.2 Å². The van der Waals surface area contributed by atoms with Crippen molar-refractivity contribution in [1.82, 2.24) is 0 Å². The highest BCUT2D eigenvalue weighted by atomic mass is 16.6. The maximum Gasteiger partial charge on any atom is 0.161 e. The maximum absolute atomic E-state index is 5.30. The third-order valence-corrected chi connectivity index (χ3v) is 1.61. The van der Waals surface area contributed by atoms with E-state index in [-0.39, 0.29) is 0 Å². The first-order chi connectivity index (χ1) is 6.88. The monoisotopic (exact) mass is 193 g/mol. The summed E-state index contributed by atoms with van der Waals surface area (Å²) in [6, 6.07) is 7.70. The van der Waals surface area contributed by atoms with Gasteiger partial charge in [-0.25, -0.2) is 0 Å². The van der Waals surface area contributed by atoms with Crippen molar-refractivity contribution in [2.45, 2.75) is 0 Å². The SMILES string of the molecule is C=CCN.c1ccc2c(c1)OCCO2. The topological polar surface area (TPSA) is 44.5 Å². The van der Waals surface area contributed by atoms with E-state index < -0.39 is 0 Å². The molecule has 0 unspecified atom stereocenters. The molecule has 1 aromatic rings. The van der Waals surface area contributed by atoms with Gasteiger partial charge in [-0.3, -0.25) is 0 Å². The molecule has 14 heavy (non-hydrogen) atoms. The molecule has 0 atom stereocenters. The van der Waals surface area contributed by atoms with Gasteiger partial charge in [0.05, 0.1) is 0 Å². The fraction of sp³-hybridized carbons (Fsp3) is 0.273. The Balaban J connectivity index is 0.000000213. The molecule has 1 aliphatic heterocycles. The lowest BCUT2D eigenvalue weighted by atomic mass is 10.3. The fourth-order valence-corrected chi connectivity index (χ4v) is 0.992. The number of benzene rings is 1. The number of nitrogens with two attached hydrogens (primary N) is 1. The normalized spacial score (nSPS) is 12.4.